The van der Waals surface area contributed by atoms with Crippen molar-refractivity contribution in [1.29, 1.82) is 0 Å². The van der Waals surface area contributed by atoms with E-state index in [9.17, 15) is 19.2 Å². The van der Waals surface area contributed by atoms with Crippen LogP contribution in [0.4, 0.5) is 0 Å². The van der Waals surface area contributed by atoms with Gasteiger partial charge in [-0.25, -0.2) is 0 Å². The highest BCUT2D eigenvalue weighted by atomic mass is 16.6. The van der Waals surface area contributed by atoms with Crippen LogP contribution in [-0.2, 0) is 28.6 Å². The molecular weight excluding hydrogens is 426 g/mol. The summed E-state index contributed by atoms with van der Waals surface area (Å²) in [6.07, 6.45) is -3.13. The summed E-state index contributed by atoms with van der Waals surface area (Å²) in [5.74, 6) is -3.01. The Morgan fingerprint density at radius 3 is 1.88 bits per heavy atom. The van der Waals surface area contributed by atoms with Crippen molar-refractivity contribution in [3.8, 4) is 0 Å². The molecule has 8 heteroatoms. The van der Waals surface area contributed by atoms with Crippen molar-refractivity contribution in [3.05, 3.63) is 71.3 Å². The van der Waals surface area contributed by atoms with Crippen LogP contribution in [0, 0.1) is 0 Å². The minimum Gasteiger partial charge on any atom is -0.458 e. The van der Waals surface area contributed by atoms with E-state index in [1.54, 1.807) is 12.1 Å². The van der Waals surface area contributed by atoms with Gasteiger partial charge >= 0.3 is 17.9 Å². The van der Waals surface area contributed by atoms with Crippen LogP contribution in [-0.4, -0.2) is 48.2 Å². The van der Waals surface area contributed by atoms with E-state index in [1.807, 2.05) is 42.5 Å². The second kappa shape index (κ2) is 9.05. The Labute approximate surface area is 191 Å². The standard InChI is InChI=1S/C25H25NO7/c1-13(27)31-22-19(16-9-5-4-6-10-16)20-17-11-7-8-12-18(17)25(30)26-21(20)23(32-14(2)28)24(22)33-15(3)29/h4-12,19-24H,1-3H3,(H,26,30). The number of nitrogens with one attached hydrogen (secondary N) is 1. The third kappa shape index (κ3) is 4.33. The summed E-state index contributed by atoms with van der Waals surface area (Å²) < 4.78 is 17.0. The van der Waals surface area contributed by atoms with Crippen LogP contribution in [0.3, 0.4) is 0 Å². The van der Waals surface area contributed by atoms with Gasteiger partial charge < -0.3 is 19.5 Å². The van der Waals surface area contributed by atoms with E-state index in [4.69, 9.17) is 14.2 Å². The van der Waals surface area contributed by atoms with Crippen molar-refractivity contribution < 1.29 is 33.4 Å². The Morgan fingerprint density at radius 1 is 0.697 bits per heavy atom. The summed E-state index contributed by atoms with van der Waals surface area (Å²) in [6, 6.07) is 15.9. The lowest BCUT2D eigenvalue weighted by Gasteiger charge is -2.51. The molecule has 0 spiro atoms. The van der Waals surface area contributed by atoms with Gasteiger partial charge in [0.1, 0.15) is 6.10 Å². The van der Waals surface area contributed by atoms with Gasteiger partial charge in [-0.05, 0) is 17.2 Å². The van der Waals surface area contributed by atoms with Gasteiger partial charge in [0.25, 0.3) is 5.91 Å². The molecule has 1 N–H and O–H groups in total. The van der Waals surface area contributed by atoms with Gasteiger partial charge in [-0.1, -0.05) is 48.5 Å². The molecule has 1 aliphatic carbocycles. The van der Waals surface area contributed by atoms with Crippen molar-refractivity contribution >= 4 is 23.8 Å². The number of hydrogen-bond donors (Lipinski definition) is 1. The van der Waals surface area contributed by atoms with Gasteiger partial charge in [0, 0.05) is 38.2 Å². The highest BCUT2D eigenvalue weighted by Gasteiger charge is 2.58. The fraction of sp³-hybridized carbons (Fsp3) is 0.360. The molecule has 8 nitrogen and oxygen atoms in total. The average Bonchev–Trinajstić information content (AvgIpc) is 2.76. The first-order valence-corrected chi connectivity index (χ1v) is 10.7. The van der Waals surface area contributed by atoms with E-state index in [-0.39, 0.29) is 5.91 Å². The van der Waals surface area contributed by atoms with Gasteiger partial charge in [0.05, 0.1) is 6.04 Å². The van der Waals surface area contributed by atoms with E-state index < -0.39 is 54.1 Å². The lowest BCUT2D eigenvalue weighted by Crippen LogP contribution is -2.66. The van der Waals surface area contributed by atoms with Crippen molar-refractivity contribution in [2.45, 2.75) is 57.0 Å². The number of benzene rings is 2. The molecule has 0 bridgehead atoms. The first-order chi connectivity index (χ1) is 15.8. The van der Waals surface area contributed by atoms with Crippen LogP contribution in [0.25, 0.3) is 0 Å². The van der Waals surface area contributed by atoms with E-state index in [0.29, 0.717) is 5.56 Å². The highest BCUT2D eigenvalue weighted by molar-refractivity contribution is 5.97. The van der Waals surface area contributed by atoms with E-state index in [2.05, 4.69) is 5.32 Å². The average molecular weight is 451 g/mol. The SMILES string of the molecule is CC(=O)OC1C2NC(=O)c3ccccc3C2C(c2ccccc2)C(OC(C)=O)C1OC(C)=O. The van der Waals surface area contributed by atoms with Crippen LogP contribution >= 0.6 is 0 Å². The Hall–Kier alpha value is -3.68. The molecule has 6 atom stereocenters. The predicted molar refractivity (Wildman–Crippen MR) is 116 cm³/mol. The van der Waals surface area contributed by atoms with Gasteiger partial charge in [0.2, 0.25) is 0 Å². The molecule has 1 fully saturated rings. The summed E-state index contributed by atoms with van der Waals surface area (Å²) in [7, 11) is 0. The molecule has 2 aliphatic rings. The molecule has 33 heavy (non-hydrogen) atoms. The zero-order valence-electron chi connectivity index (χ0n) is 18.5. The summed E-state index contributed by atoms with van der Waals surface area (Å²) in [5, 5.41) is 2.96. The number of rotatable bonds is 4. The van der Waals surface area contributed by atoms with E-state index in [1.165, 1.54) is 20.8 Å². The topological polar surface area (TPSA) is 108 Å². The molecule has 1 saturated carbocycles. The molecule has 2 aromatic carbocycles. The normalized spacial score (nSPS) is 27.9. The number of carbonyl (C=O) groups excluding carboxylic acids is 4. The molecule has 0 aromatic heterocycles. The molecular formula is C25H25NO7. The number of carbonyl (C=O) groups is 4. The Morgan fingerprint density at radius 2 is 1.24 bits per heavy atom. The third-order valence-corrected chi connectivity index (χ3v) is 6.08. The molecule has 2 aromatic rings. The Balaban J connectivity index is 1.96. The van der Waals surface area contributed by atoms with Crippen molar-refractivity contribution in [2.24, 2.45) is 0 Å². The molecule has 1 amide bonds. The predicted octanol–water partition coefficient (Wildman–Crippen LogP) is 2.47. The second-order valence-corrected chi connectivity index (χ2v) is 8.27. The van der Waals surface area contributed by atoms with E-state index >= 15 is 0 Å². The fourth-order valence-electron chi connectivity index (χ4n) is 5.07. The largest absolute Gasteiger partial charge is 0.458 e. The van der Waals surface area contributed by atoms with Gasteiger partial charge in [0.15, 0.2) is 12.2 Å². The maximum atomic E-state index is 13.0. The molecule has 1 aliphatic heterocycles. The highest BCUT2D eigenvalue weighted by Crippen LogP contribution is 2.49. The maximum absolute atomic E-state index is 13.0. The van der Waals surface area contributed by atoms with Crippen molar-refractivity contribution in [2.75, 3.05) is 0 Å². The molecule has 1 heterocycles. The zero-order valence-corrected chi connectivity index (χ0v) is 18.5. The van der Waals surface area contributed by atoms with Crippen LogP contribution in [0.2, 0.25) is 0 Å². The molecule has 0 radical (unpaired) electrons. The summed E-state index contributed by atoms with van der Waals surface area (Å²) >= 11 is 0. The fourth-order valence-corrected chi connectivity index (χ4v) is 5.07. The number of ether oxygens (including phenoxy) is 3. The molecule has 4 rings (SSSR count). The van der Waals surface area contributed by atoms with E-state index in [0.717, 1.165) is 11.1 Å². The van der Waals surface area contributed by atoms with Crippen LogP contribution < -0.4 is 5.32 Å². The van der Waals surface area contributed by atoms with Gasteiger partial charge in [-0.15, -0.1) is 0 Å². The second-order valence-electron chi connectivity index (χ2n) is 8.27. The Kier molecular flexibility index (Phi) is 6.18. The number of fused-ring (bicyclic) bond motifs is 3. The summed E-state index contributed by atoms with van der Waals surface area (Å²) in [6.45, 7) is 3.74. The van der Waals surface area contributed by atoms with Crippen LogP contribution in [0.15, 0.2) is 54.6 Å². The molecule has 172 valence electrons. The Bertz CT molecular complexity index is 1080. The zero-order chi connectivity index (χ0) is 23.7. The number of esters is 3. The van der Waals surface area contributed by atoms with Crippen LogP contribution in [0.5, 0.6) is 0 Å². The maximum Gasteiger partial charge on any atom is 0.303 e. The number of hydrogen-bond acceptors (Lipinski definition) is 7. The summed E-state index contributed by atoms with van der Waals surface area (Å²) in [5.41, 5.74) is 2.08. The van der Waals surface area contributed by atoms with Crippen LogP contribution in [0.1, 0.15) is 54.1 Å². The van der Waals surface area contributed by atoms with Crippen molar-refractivity contribution in [3.63, 3.8) is 0 Å². The smallest absolute Gasteiger partial charge is 0.303 e. The minimum absolute atomic E-state index is 0.316. The lowest BCUT2D eigenvalue weighted by molar-refractivity contribution is -0.197. The first-order valence-electron chi connectivity index (χ1n) is 10.7. The summed E-state index contributed by atoms with van der Waals surface area (Å²) in [4.78, 5) is 49.2. The third-order valence-electron chi connectivity index (χ3n) is 6.08. The quantitative estimate of drug-likeness (QED) is 0.562. The van der Waals surface area contributed by atoms with Crippen molar-refractivity contribution in [1.82, 2.24) is 5.32 Å². The number of amides is 1. The lowest BCUT2D eigenvalue weighted by atomic mass is 9.63. The molecule has 0 saturated heterocycles. The van der Waals surface area contributed by atoms with Gasteiger partial charge in [-0.3, -0.25) is 19.2 Å². The monoisotopic (exact) mass is 451 g/mol. The first kappa shape index (κ1) is 22.5. The minimum atomic E-state index is -1.12. The van der Waals surface area contributed by atoms with Gasteiger partial charge in [-0.2, -0.15) is 0 Å². The molecule has 6 unspecified atom stereocenters.